The van der Waals surface area contributed by atoms with Crippen molar-refractivity contribution in [3.63, 3.8) is 0 Å². The van der Waals surface area contributed by atoms with Gasteiger partial charge in [-0.2, -0.15) is 11.3 Å². The van der Waals surface area contributed by atoms with Crippen LogP contribution in [0, 0.1) is 0 Å². The Morgan fingerprint density at radius 1 is 1.21 bits per heavy atom. The maximum absolute atomic E-state index is 5.98. The molecule has 1 aromatic heterocycles. The van der Waals surface area contributed by atoms with E-state index >= 15 is 0 Å². The van der Waals surface area contributed by atoms with Gasteiger partial charge in [-0.15, -0.1) is 0 Å². The van der Waals surface area contributed by atoms with E-state index in [0.717, 1.165) is 18.7 Å². The highest BCUT2D eigenvalue weighted by Crippen LogP contribution is 2.34. The number of nitrogen functional groups attached to an aromatic ring is 1. The summed E-state index contributed by atoms with van der Waals surface area (Å²) in [5, 5.41) is 7.56. The van der Waals surface area contributed by atoms with Crippen molar-refractivity contribution in [2.75, 3.05) is 31.8 Å². The number of ether oxygens (including phenoxy) is 2. The third kappa shape index (κ3) is 3.32. The summed E-state index contributed by atoms with van der Waals surface area (Å²) < 4.78 is 10.5. The maximum Gasteiger partial charge on any atom is 0.162 e. The maximum atomic E-state index is 5.98. The van der Waals surface area contributed by atoms with E-state index in [1.54, 1.807) is 31.6 Å². The van der Waals surface area contributed by atoms with Crippen LogP contribution in [0.2, 0.25) is 0 Å². The molecule has 0 aliphatic rings. The molecule has 1 aromatic carbocycles. The lowest BCUT2D eigenvalue weighted by Crippen LogP contribution is -2.07. The summed E-state index contributed by atoms with van der Waals surface area (Å²) in [5.74, 6) is 1.32. The predicted octanol–water partition coefficient (Wildman–Crippen LogP) is 3.00. The Balaban J connectivity index is 2.03. The lowest BCUT2D eigenvalue weighted by atomic mass is 10.2. The van der Waals surface area contributed by atoms with Crippen molar-refractivity contribution in [3.05, 3.63) is 34.5 Å². The molecule has 2 rings (SSSR count). The van der Waals surface area contributed by atoms with Gasteiger partial charge in [0.2, 0.25) is 0 Å². The Hall–Kier alpha value is -1.88. The van der Waals surface area contributed by atoms with Gasteiger partial charge in [-0.3, -0.25) is 0 Å². The van der Waals surface area contributed by atoms with Gasteiger partial charge in [0.25, 0.3) is 0 Å². The fourth-order valence-corrected chi connectivity index (χ4v) is 2.53. The van der Waals surface area contributed by atoms with Crippen LogP contribution < -0.4 is 20.5 Å². The van der Waals surface area contributed by atoms with E-state index in [1.807, 2.05) is 6.07 Å². The molecule has 3 N–H and O–H groups in total. The van der Waals surface area contributed by atoms with E-state index in [1.165, 1.54) is 5.56 Å². The molecule has 2 aromatic rings. The number of rotatable bonds is 6. The predicted molar refractivity (Wildman–Crippen MR) is 80.5 cm³/mol. The Labute approximate surface area is 117 Å². The summed E-state index contributed by atoms with van der Waals surface area (Å²) in [6.07, 6.45) is 0.970. The molecule has 0 bridgehead atoms. The number of methoxy groups -OCH3 is 2. The third-order valence-electron chi connectivity index (χ3n) is 2.86. The third-order valence-corrected chi connectivity index (χ3v) is 3.60. The standard InChI is InChI=1S/C14H18N2O2S/c1-17-13-7-11(15)12(8-14(13)18-2)16-5-3-10-4-6-19-9-10/h4,6-9,16H,3,5,15H2,1-2H3. The van der Waals surface area contributed by atoms with E-state index in [-0.39, 0.29) is 0 Å². The zero-order valence-corrected chi connectivity index (χ0v) is 11.9. The summed E-state index contributed by atoms with van der Waals surface area (Å²) in [6, 6.07) is 5.76. The molecule has 0 saturated carbocycles. The first-order valence-electron chi connectivity index (χ1n) is 6.01. The summed E-state index contributed by atoms with van der Waals surface area (Å²) >= 11 is 1.71. The highest BCUT2D eigenvalue weighted by Gasteiger charge is 2.08. The molecule has 4 nitrogen and oxygen atoms in total. The SMILES string of the molecule is COc1cc(N)c(NCCc2ccsc2)cc1OC. The number of nitrogens with one attached hydrogen (secondary N) is 1. The molecular weight excluding hydrogens is 260 g/mol. The van der Waals surface area contributed by atoms with Crippen molar-refractivity contribution < 1.29 is 9.47 Å². The monoisotopic (exact) mass is 278 g/mol. The van der Waals surface area contributed by atoms with E-state index in [0.29, 0.717) is 17.2 Å². The van der Waals surface area contributed by atoms with Gasteiger partial charge in [0, 0.05) is 18.7 Å². The Kier molecular flexibility index (Phi) is 4.52. The van der Waals surface area contributed by atoms with Crippen LogP contribution in [0.25, 0.3) is 0 Å². The average Bonchev–Trinajstić information content (AvgIpc) is 2.93. The zero-order chi connectivity index (χ0) is 13.7. The minimum Gasteiger partial charge on any atom is -0.493 e. The highest BCUT2D eigenvalue weighted by atomic mass is 32.1. The van der Waals surface area contributed by atoms with Crippen molar-refractivity contribution in [1.29, 1.82) is 0 Å². The molecule has 0 atom stereocenters. The van der Waals surface area contributed by atoms with E-state index in [2.05, 4.69) is 22.1 Å². The van der Waals surface area contributed by atoms with Crippen LogP contribution in [-0.4, -0.2) is 20.8 Å². The summed E-state index contributed by atoms with van der Waals surface area (Å²) in [5.41, 5.74) is 8.84. The normalized spacial score (nSPS) is 10.2. The van der Waals surface area contributed by atoms with Crippen molar-refractivity contribution in [3.8, 4) is 11.5 Å². The molecule has 0 spiro atoms. The van der Waals surface area contributed by atoms with E-state index in [4.69, 9.17) is 15.2 Å². The first-order valence-corrected chi connectivity index (χ1v) is 6.95. The highest BCUT2D eigenvalue weighted by molar-refractivity contribution is 7.07. The van der Waals surface area contributed by atoms with Crippen molar-refractivity contribution in [2.45, 2.75) is 6.42 Å². The average molecular weight is 278 g/mol. The van der Waals surface area contributed by atoms with Crippen molar-refractivity contribution in [2.24, 2.45) is 0 Å². The van der Waals surface area contributed by atoms with Crippen molar-refractivity contribution >= 4 is 22.7 Å². The Bertz CT molecular complexity index is 526. The van der Waals surface area contributed by atoms with Gasteiger partial charge in [-0.1, -0.05) is 0 Å². The van der Waals surface area contributed by atoms with Crippen LogP contribution in [0.4, 0.5) is 11.4 Å². The molecule has 0 radical (unpaired) electrons. The van der Waals surface area contributed by atoms with Crippen LogP contribution in [-0.2, 0) is 6.42 Å². The molecule has 5 heteroatoms. The topological polar surface area (TPSA) is 56.5 Å². The number of hydrogen-bond donors (Lipinski definition) is 2. The number of anilines is 2. The molecule has 0 saturated heterocycles. The lowest BCUT2D eigenvalue weighted by Gasteiger charge is -2.13. The minimum absolute atomic E-state index is 0.642. The molecule has 1 heterocycles. The molecular formula is C14H18N2O2S. The largest absolute Gasteiger partial charge is 0.493 e. The molecule has 0 aliphatic carbocycles. The minimum atomic E-state index is 0.642. The molecule has 102 valence electrons. The Morgan fingerprint density at radius 3 is 2.58 bits per heavy atom. The fraction of sp³-hybridized carbons (Fsp3) is 0.286. The number of benzene rings is 1. The first kappa shape index (κ1) is 13.5. The second kappa shape index (κ2) is 6.33. The summed E-state index contributed by atoms with van der Waals surface area (Å²) in [4.78, 5) is 0. The second-order valence-corrected chi connectivity index (χ2v) is 4.88. The molecule has 0 aliphatic heterocycles. The van der Waals surface area contributed by atoms with Crippen molar-refractivity contribution in [1.82, 2.24) is 0 Å². The molecule has 0 fully saturated rings. The van der Waals surface area contributed by atoms with Gasteiger partial charge in [0.05, 0.1) is 25.6 Å². The lowest BCUT2D eigenvalue weighted by molar-refractivity contribution is 0.355. The fourth-order valence-electron chi connectivity index (χ4n) is 1.82. The van der Waals surface area contributed by atoms with Gasteiger partial charge in [0.1, 0.15) is 0 Å². The van der Waals surface area contributed by atoms with Crippen LogP contribution in [0.1, 0.15) is 5.56 Å². The number of thiophene rings is 1. The van der Waals surface area contributed by atoms with E-state index < -0.39 is 0 Å². The van der Waals surface area contributed by atoms with Crippen LogP contribution in [0.5, 0.6) is 11.5 Å². The zero-order valence-electron chi connectivity index (χ0n) is 11.1. The quantitative estimate of drug-likeness (QED) is 0.798. The molecule has 19 heavy (non-hydrogen) atoms. The smallest absolute Gasteiger partial charge is 0.162 e. The molecule has 0 unspecified atom stereocenters. The van der Waals surface area contributed by atoms with Gasteiger partial charge < -0.3 is 20.5 Å². The van der Waals surface area contributed by atoms with Gasteiger partial charge >= 0.3 is 0 Å². The van der Waals surface area contributed by atoms with Gasteiger partial charge in [-0.05, 0) is 28.8 Å². The Morgan fingerprint density at radius 2 is 1.95 bits per heavy atom. The van der Waals surface area contributed by atoms with Gasteiger partial charge in [0.15, 0.2) is 11.5 Å². The van der Waals surface area contributed by atoms with Crippen LogP contribution in [0.15, 0.2) is 29.0 Å². The first-order chi connectivity index (χ1) is 9.24. The van der Waals surface area contributed by atoms with Crippen LogP contribution >= 0.6 is 11.3 Å². The van der Waals surface area contributed by atoms with E-state index in [9.17, 15) is 0 Å². The van der Waals surface area contributed by atoms with Gasteiger partial charge in [-0.25, -0.2) is 0 Å². The second-order valence-electron chi connectivity index (χ2n) is 4.10. The molecule has 0 amide bonds. The van der Waals surface area contributed by atoms with Crippen LogP contribution in [0.3, 0.4) is 0 Å². The number of hydrogen-bond acceptors (Lipinski definition) is 5. The summed E-state index contributed by atoms with van der Waals surface area (Å²) in [7, 11) is 3.21. The number of nitrogens with two attached hydrogens (primary N) is 1. The summed E-state index contributed by atoms with van der Waals surface area (Å²) in [6.45, 7) is 0.830.